The molecule has 2 aromatic heterocycles. The summed E-state index contributed by atoms with van der Waals surface area (Å²) < 4.78 is 46.3. The fourth-order valence-corrected chi connectivity index (χ4v) is 4.17. The lowest BCUT2D eigenvalue weighted by Gasteiger charge is -2.30. The van der Waals surface area contributed by atoms with Gasteiger partial charge in [0.25, 0.3) is 6.43 Å². The number of methoxy groups -OCH3 is 1. The highest BCUT2D eigenvalue weighted by Gasteiger charge is 2.27. The van der Waals surface area contributed by atoms with E-state index in [1.807, 2.05) is 28.8 Å². The number of alkyl halides is 2. The average molecular weight is 491 g/mol. The molecule has 188 valence electrons. The Morgan fingerprint density at radius 2 is 1.40 bits per heavy atom. The van der Waals surface area contributed by atoms with Crippen molar-refractivity contribution < 1.29 is 23.0 Å². The number of aromatic nitrogens is 5. The molecule has 0 bridgehead atoms. The largest absolute Gasteiger partial charge is 0.494 e. The zero-order valence-corrected chi connectivity index (χ0v) is 19.9. The van der Waals surface area contributed by atoms with Gasteiger partial charge in [-0.25, -0.2) is 13.8 Å². The highest BCUT2D eigenvalue weighted by molar-refractivity contribution is 5.88. The summed E-state index contributed by atoms with van der Waals surface area (Å²) >= 11 is 0. The molecule has 5 rings (SSSR count). The molecule has 3 aromatic rings. The van der Waals surface area contributed by atoms with Gasteiger partial charge in [0.05, 0.1) is 39.1 Å². The van der Waals surface area contributed by atoms with Crippen molar-refractivity contribution in [1.29, 1.82) is 0 Å². The van der Waals surface area contributed by atoms with Gasteiger partial charge in [0.2, 0.25) is 17.8 Å². The summed E-state index contributed by atoms with van der Waals surface area (Å²) in [4.78, 5) is 24.0. The number of fused-ring (bicyclic) bond motifs is 1. The van der Waals surface area contributed by atoms with E-state index in [9.17, 15) is 8.78 Å². The van der Waals surface area contributed by atoms with E-state index in [0.717, 1.165) is 5.69 Å². The molecule has 0 saturated carbocycles. The molecular weight excluding hydrogens is 462 g/mol. The molecule has 2 fully saturated rings. The summed E-state index contributed by atoms with van der Waals surface area (Å²) in [6, 6.07) is 3.55. The van der Waals surface area contributed by atoms with Crippen molar-refractivity contribution in [2.45, 2.75) is 6.43 Å². The molecule has 0 atom stereocenters. The molecule has 2 aliphatic rings. The SMILES string of the molecule is COc1cc(N(C)C)cc2c1nc(C(F)F)n2-c1nc(N2CCOCC2)nc(N2CCOCC2)n1. The fourth-order valence-electron chi connectivity index (χ4n) is 4.17. The van der Waals surface area contributed by atoms with Crippen LogP contribution in [0.25, 0.3) is 17.0 Å². The number of hydrogen-bond donors (Lipinski definition) is 0. The maximum Gasteiger partial charge on any atom is 0.296 e. The zero-order valence-electron chi connectivity index (χ0n) is 19.9. The van der Waals surface area contributed by atoms with Crippen LogP contribution in [0.1, 0.15) is 12.2 Å². The van der Waals surface area contributed by atoms with Gasteiger partial charge in [0.15, 0.2) is 5.82 Å². The first kappa shape index (κ1) is 23.4. The van der Waals surface area contributed by atoms with Crippen LogP contribution >= 0.6 is 0 Å². The topological polar surface area (TPSA) is 93.9 Å². The molecule has 0 radical (unpaired) electrons. The Hall–Kier alpha value is -3.32. The molecule has 11 nitrogen and oxygen atoms in total. The van der Waals surface area contributed by atoms with E-state index in [1.165, 1.54) is 11.7 Å². The van der Waals surface area contributed by atoms with Gasteiger partial charge in [-0.2, -0.15) is 15.0 Å². The van der Waals surface area contributed by atoms with Gasteiger partial charge in [0, 0.05) is 52.0 Å². The maximum absolute atomic E-state index is 14.3. The second kappa shape index (κ2) is 9.74. The van der Waals surface area contributed by atoms with E-state index in [2.05, 4.69) is 19.9 Å². The molecule has 0 N–H and O–H groups in total. The normalized spacial score (nSPS) is 16.9. The summed E-state index contributed by atoms with van der Waals surface area (Å²) in [6.07, 6.45) is -2.86. The highest BCUT2D eigenvalue weighted by Crippen LogP contribution is 2.35. The van der Waals surface area contributed by atoms with Gasteiger partial charge in [-0.15, -0.1) is 0 Å². The number of ether oxygens (including phenoxy) is 3. The first-order valence-electron chi connectivity index (χ1n) is 11.4. The zero-order chi connectivity index (χ0) is 24.5. The third-order valence-electron chi connectivity index (χ3n) is 6.06. The first-order valence-corrected chi connectivity index (χ1v) is 11.4. The smallest absolute Gasteiger partial charge is 0.296 e. The maximum atomic E-state index is 14.3. The van der Waals surface area contributed by atoms with Crippen LogP contribution in [-0.4, -0.2) is 98.3 Å². The van der Waals surface area contributed by atoms with Gasteiger partial charge in [0.1, 0.15) is 11.3 Å². The standard InChI is InChI=1S/C22H28F2N8O3/c1-29(2)14-12-15-17(16(13-14)33-3)25-19(18(23)24)32(15)22-27-20(30-4-8-34-9-5-30)26-21(28-22)31-6-10-35-11-7-31/h12-13,18H,4-11H2,1-3H3. The molecule has 0 amide bonds. The lowest BCUT2D eigenvalue weighted by molar-refractivity contribution is 0.121. The number of hydrogen-bond acceptors (Lipinski definition) is 10. The minimum Gasteiger partial charge on any atom is -0.494 e. The Balaban J connectivity index is 1.74. The summed E-state index contributed by atoms with van der Waals surface area (Å²) in [5.41, 5.74) is 1.51. The number of anilines is 3. The van der Waals surface area contributed by atoms with Crippen molar-refractivity contribution in [3.63, 3.8) is 0 Å². The summed E-state index contributed by atoms with van der Waals surface area (Å²) in [5.74, 6) is 0.845. The number of nitrogens with zero attached hydrogens (tertiary/aromatic N) is 8. The van der Waals surface area contributed by atoms with E-state index in [1.54, 1.807) is 12.1 Å². The van der Waals surface area contributed by atoms with Crippen LogP contribution in [0.2, 0.25) is 0 Å². The number of rotatable bonds is 6. The monoisotopic (exact) mass is 490 g/mol. The second-order valence-corrected chi connectivity index (χ2v) is 8.45. The van der Waals surface area contributed by atoms with Crippen molar-refractivity contribution >= 4 is 28.6 Å². The first-order chi connectivity index (χ1) is 17.0. The molecule has 2 aliphatic heterocycles. The van der Waals surface area contributed by atoms with Crippen LogP contribution in [0, 0.1) is 0 Å². The van der Waals surface area contributed by atoms with Crippen LogP contribution in [0.3, 0.4) is 0 Å². The Labute approximate surface area is 201 Å². The third kappa shape index (κ3) is 4.52. The Morgan fingerprint density at radius 1 is 0.857 bits per heavy atom. The second-order valence-electron chi connectivity index (χ2n) is 8.45. The molecule has 4 heterocycles. The van der Waals surface area contributed by atoms with Crippen LogP contribution in [0.15, 0.2) is 12.1 Å². The summed E-state index contributed by atoms with van der Waals surface area (Å²) in [5, 5.41) is 0. The van der Waals surface area contributed by atoms with Crippen LogP contribution in [-0.2, 0) is 9.47 Å². The quantitative estimate of drug-likeness (QED) is 0.510. The van der Waals surface area contributed by atoms with Crippen molar-refractivity contribution in [3.8, 4) is 11.7 Å². The minimum atomic E-state index is -2.86. The molecule has 0 aliphatic carbocycles. The van der Waals surface area contributed by atoms with Gasteiger partial charge >= 0.3 is 0 Å². The Morgan fingerprint density at radius 3 is 1.89 bits per heavy atom. The van der Waals surface area contributed by atoms with E-state index in [0.29, 0.717) is 81.3 Å². The number of morpholine rings is 2. The molecule has 2 saturated heterocycles. The molecule has 13 heteroatoms. The lowest BCUT2D eigenvalue weighted by atomic mass is 10.2. The van der Waals surface area contributed by atoms with Gasteiger partial charge < -0.3 is 28.9 Å². The fraction of sp³-hybridized carbons (Fsp3) is 0.545. The van der Waals surface area contributed by atoms with Crippen molar-refractivity contribution in [2.75, 3.05) is 88.5 Å². The van der Waals surface area contributed by atoms with Crippen molar-refractivity contribution in [1.82, 2.24) is 24.5 Å². The van der Waals surface area contributed by atoms with Crippen LogP contribution in [0.5, 0.6) is 5.75 Å². The van der Waals surface area contributed by atoms with Gasteiger partial charge in [-0.05, 0) is 6.07 Å². The van der Waals surface area contributed by atoms with Crippen molar-refractivity contribution in [2.24, 2.45) is 0 Å². The highest BCUT2D eigenvalue weighted by atomic mass is 19.3. The Kier molecular flexibility index (Phi) is 6.52. The van der Waals surface area contributed by atoms with Crippen LogP contribution < -0.4 is 19.4 Å². The lowest BCUT2D eigenvalue weighted by Crippen LogP contribution is -2.40. The average Bonchev–Trinajstić information content (AvgIpc) is 3.29. The van der Waals surface area contributed by atoms with Crippen molar-refractivity contribution in [3.05, 3.63) is 18.0 Å². The number of benzene rings is 1. The summed E-state index contributed by atoms with van der Waals surface area (Å²) in [7, 11) is 5.22. The predicted octanol–water partition coefficient (Wildman–Crippen LogP) is 1.90. The molecule has 1 aromatic carbocycles. The van der Waals surface area contributed by atoms with E-state index >= 15 is 0 Å². The molecule has 0 unspecified atom stereocenters. The van der Waals surface area contributed by atoms with E-state index < -0.39 is 12.2 Å². The predicted molar refractivity (Wildman–Crippen MR) is 126 cm³/mol. The molecule has 35 heavy (non-hydrogen) atoms. The van der Waals surface area contributed by atoms with Gasteiger partial charge in [-0.1, -0.05) is 0 Å². The van der Waals surface area contributed by atoms with Crippen LogP contribution in [0.4, 0.5) is 26.4 Å². The number of imidazole rings is 1. The van der Waals surface area contributed by atoms with E-state index in [-0.39, 0.29) is 5.95 Å². The van der Waals surface area contributed by atoms with Gasteiger partial charge in [-0.3, -0.25) is 4.57 Å². The number of halogens is 2. The molecular formula is C22H28F2N8O3. The minimum absolute atomic E-state index is 0.0822. The Bertz CT molecular complexity index is 1160. The third-order valence-corrected chi connectivity index (χ3v) is 6.06. The van der Waals surface area contributed by atoms with E-state index in [4.69, 9.17) is 14.2 Å². The summed E-state index contributed by atoms with van der Waals surface area (Å²) in [6.45, 7) is 4.52. The molecule has 0 spiro atoms.